The second-order valence-electron chi connectivity index (χ2n) is 4.95. The first kappa shape index (κ1) is 20.0. The van der Waals surface area contributed by atoms with Gasteiger partial charge in [-0.15, -0.1) is 24.8 Å². The van der Waals surface area contributed by atoms with E-state index in [4.69, 9.17) is 5.73 Å². The molecule has 0 bridgehead atoms. The van der Waals surface area contributed by atoms with Crippen LogP contribution in [0.4, 0.5) is 11.5 Å². The van der Waals surface area contributed by atoms with Crippen molar-refractivity contribution < 1.29 is 4.79 Å². The Kier molecular flexibility index (Phi) is 9.33. The van der Waals surface area contributed by atoms with Gasteiger partial charge in [0.2, 0.25) is 5.91 Å². The van der Waals surface area contributed by atoms with Crippen LogP contribution in [0.2, 0.25) is 0 Å². The monoisotopic (exact) mass is 334 g/mol. The largest absolute Gasteiger partial charge is 0.370 e. The average molecular weight is 335 g/mol. The number of halogens is 2. The van der Waals surface area contributed by atoms with Crippen LogP contribution in [0.3, 0.4) is 0 Å². The molecule has 2 heterocycles. The molecule has 5 nitrogen and oxygen atoms in total. The Morgan fingerprint density at radius 1 is 1.33 bits per heavy atom. The molecule has 1 aliphatic rings. The van der Waals surface area contributed by atoms with Gasteiger partial charge in [0.05, 0.1) is 17.9 Å². The fourth-order valence-corrected chi connectivity index (χ4v) is 2.20. The quantitative estimate of drug-likeness (QED) is 0.887. The number of aromatic nitrogens is 1. The number of nitrogens with zero attached hydrogens (tertiary/aromatic N) is 2. The van der Waals surface area contributed by atoms with Gasteiger partial charge in [0.1, 0.15) is 5.82 Å². The minimum Gasteiger partial charge on any atom is -0.370 e. The summed E-state index contributed by atoms with van der Waals surface area (Å²) in [5.74, 6) is 0.385. The number of nitrogens with two attached hydrogens (primary N) is 1. The van der Waals surface area contributed by atoms with Crippen LogP contribution in [0, 0.1) is 0 Å². The van der Waals surface area contributed by atoms with E-state index in [2.05, 4.69) is 15.2 Å². The Labute approximate surface area is 138 Å². The summed E-state index contributed by atoms with van der Waals surface area (Å²) in [4.78, 5) is 18.3. The number of anilines is 2. The van der Waals surface area contributed by atoms with Gasteiger partial charge >= 0.3 is 0 Å². The van der Waals surface area contributed by atoms with Crippen molar-refractivity contribution in [2.45, 2.75) is 38.6 Å². The molecule has 3 N–H and O–H groups in total. The third kappa shape index (κ3) is 5.69. The number of amides is 1. The lowest BCUT2D eigenvalue weighted by Gasteiger charge is -2.28. The molecule has 0 unspecified atom stereocenters. The highest BCUT2D eigenvalue weighted by molar-refractivity contribution is 5.93. The first-order valence-electron chi connectivity index (χ1n) is 6.98. The Bertz CT molecular complexity index is 421. The first-order chi connectivity index (χ1) is 9.20. The highest BCUT2D eigenvalue weighted by Gasteiger charge is 2.13. The number of carbonyl (C=O) groups is 1. The molecular formula is C14H24Cl2N4O. The molecule has 1 fully saturated rings. The Morgan fingerprint density at radius 2 is 2.00 bits per heavy atom. The minimum atomic E-state index is -0.469. The van der Waals surface area contributed by atoms with Crippen molar-refractivity contribution in [3.63, 3.8) is 0 Å². The molecule has 120 valence electrons. The number of hydrogen-bond acceptors (Lipinski definition) is 4. The molecule has 0 saturated carbocycles. The predicted molar refractivity (Wildman–Crippen MR) is 91.7 cm³/mol. The molecule has 0 aromatic carbocycles. The van der Waals surface area contributed by atoms with Crippen molar-refractivity contribution in [3.8, 4) is 0 Å². The highest BCUT2D eigenvalue weighted by Crippen LogP contribution is 2.19. The van der Waals surface area contributed by atoms with Gasteiger partial charge in [0.15, 0.2) is 0 Å². The van der Waals surface area contributed by atoms with E-state index >= 15 is 0 Å². The van der Waals surface area contributed by atoms with E-state index in [1.807, 2.05) is 25.3 Å². The summed E-state index contributed by atoms with van der Waals surface area (Å²) >= 11 is 0. The van der Waals surface area contributed by atoms with E-state index in [1.165, 1.54) is 19.3 Å². The molecule has 1 aliphatic heterocycles. The zero-order valence-electron chi connectivity index (χ0n) is 12.2. The highest BCUT2D eigenvalue weighted by atomic mass is 35.5. The fourth-order valence-electron chi connectivity index (χ4n) is 2.20. The number of nitrogens with one attached hydrogen (secondary N) is 1. The maximum Gasteiger partial charge on any atom is 0.242 e. The van der Waals surface area contributed by atoms with Gasteiger partial charge < -0.3 is 16.0 Å². The summed E-state index contributed by atoms with van der Waals surface area (Å²) in [6, 6.07) is 3.37. The Hall–Kier alpha value is -1.04. The smallest absolute Gasteiger partial charge is 0.242 e. The summed E-state index contributed by atoms with van der Waals surface area (Å²) in [6.45, 7) is 4.07. The maximum absolute atomic E-state index is 11.6. The van der Waals surface area contributed by atoms with Crippen LogP contribution < -0.4 is 16.0 Å². The molecule has 1 saturated heterocycles. The Balaban J connectivity index is 0.00000200. The first-order valence-corrected chi connectivity index (χ1v) is 6.98. The predicted octanol–water partition coefficient (Wildman–Crippen LogP) is 2.59. The van der Waals surface area contributed by atoms with Crippen molar-refractivity contribution in [2.75, 3.05) is 23.3 Å². The Morgan fingerprint density at radius 3 is 2.52 bits per heavy atom. The molecule has 7 heteroatoms. The third-order valence-electron chi connectivity index (χ3n) is 3.50. The normalized spacial score (nSPS) is 15.4. The lowest BCUT2D eigenvalue weighted by Crippen LogP contribution is -2.35. The van der Waals surface area contributed by atoms with E-state index < -0.39 is 6.04 Å². The molecule has 0 spiro atoms. The van der Waals surface area contributed by atoms with E-state index in [-0.39, 0.29) is 30.7 Å². The van der Waals surface area contributed by atoms with E-state index in [0.29, 0.717) is 12.2 Å². The standard InChI is InChI=1S/C14H22N4O.2ClH/c1-2-12(15)14(19)17-13-7-6-11(10-16-13)18-8-4-3-5-9-18;;/h6-7,10,12H,2-5,8-9,15H2,1H3,(H,16,17,19);2*1H/t12-;;/m0../s1. The van der Waals surface area contributed by atoms with Gasteiger partial charge in [0, 0.05) is 13.1 Å². The molecule has 1 amide bonds. The molecular weight excluding hydrogens is 311 g/mol. The third-order valence-corrected chi connectivity index (χ3v) is 3.50. The molecule has 0 aliphatic carbocycles. The van der Waals surface area contributed by atoms with Crippen LogP contribution in [0.1, 0.15) is 32.6 Å². The molecule has 21 heavy (non-hydrogen) atoms. The second kappa shape index (κ2) is 9.82. The number of pyridine rings is 1. The van der Waals surface area contributed by atoms with Gasteiger partial charge in [-0.3, -0.25) is 4.79 Å². The second-order valence-corrected chi connectivity index (χ2v) is 4.95. The summed E-state index contributed by atoms with van der Waals surface area (Å²) in [6.07, 6.45) is 6.23. The van der Waals surface area contributed by atoms with Gasteiger partial charge in [-0.05, 0) is 37.8 Å². The van der Waals surface area contributed by atoms with Gasteiger partial charge in [-0.1, -0.05) is 6.92 Å². The van der Waals surface area contributed by atoms with E-state index in [9.17, 15) is 4.79 Å². The zero-order valence-corrected chi connectivity index (χ0v) is 13.9. The van der Waals surface area contributed by atoms with Crippen LogP contribution in [-0.2, 0) is 4.79 Å². The molecule has 1 atom stereocenters. The van der Waals surface area contributed by atoms with Crippen LogP contribution in [-0.4, -0.2) is 30.0 Å². The molecule has 1 aromatic rings. The van der Waals surface area contributed by atoms with Crippen molar-refractivity contribution in [3.05, 3.63) is 18.3 Å². The lowest BCUT2D eigenvalue weighted by molar-refractivity contribution is -0.117. The van der Waals surface area contributed by atoms with Crippen LogP contribution in [0.5, 0.6) is 0 Å². The lowest BCUT2D eigenvalue weighted by atomic mass is 10.1. The summed E-state index contributed by atoms with van der Waals surface area (Å²) in [5, 5.41) is 2.73. The summed E-state index contributed by atoms with van der Waals surface area (Å²) in [5.41, 5.74) is 6.79. The van der Waals surface area contributed by atoms with Crippen LogP contribution >= 0.6 is 24.8 Å². The minimum absolute atomic E-state index is 0. The molecule has 1 aromatic heterocycles. The number of hydrogen-bond donors (Lipinski definition) is 2. The molecule has 2 rings (SSSR count). The van der Waals surface area contributed by atoms with Crippen molar-refractivity contribution in [1.82, 2.24) is 4.98 Å². The van der Waals surface area contributed by atoms with Gasteiger partial charge in [0.25, 0.3) is 0 Å². The fraction of sp³-hybridized carbons (Fsp3) is 0.571. The maximum atomic E-state index is 11.6. The number of rotatable bonds is 4. The van der Waals surface area contributed by atoms with Crippen molar-refractivity contribution >= 4 is 42.2 Å². The number of carbonyl (C=O) groups excluding carboxylic acids is 1. The summed E-state index contributed by atoms with van der Waals surface area (Å²) < 4.78 is 0. The summed E-state index contributed by atoms with van der Waals surface area (Å²) in [7, 11) is 0. The van der Waals surface area contributed by atoms with Crippen molar-refractivity contribution in [1.29, 1.82) is 0 Å². The topological polar surface area (TPSA) is 71.2 Å². The van der Waals surface area contributed by atoms with Crippen LogP contribution in [0.25, 0.3) is 0 Å². The zero-order chi connectivity index (χ0) is 13.7. The van der Waals surface area contributed by atoms with Gasteiger partial charge in [-0.25, -0.2) is 4.98 Å². The van der Waals surface area contributed by atoms with Gasteiger partial charge in [-0.2, -0.15) is 0 Å². The van der Waals surface area contributed by atoms with Crippen LogP contribution in [0.15, 0.2) is 18.3 Å². The average Bonchev–Trinajstić information content (AvgIpc) is 2.48. The SMILES string of the molecule is CC[C@H](N)C(=O)Nc1ccc(N2CCCCC2)cn1.Cl.Cl. The van der Waals surface area contributed by atoms with E-state index in [1.54, 1.807) is 0 Å². The van der Waals surface area contributed by atoms with Crippen molar-refractivity contribution in [2.24, 2.45) is 5.73 Å². The van der Waals surface area contributed by atoms with E-state index in [0.717, 1.165) is 18.8 Å². The number of piperidine rings is 1. The molecule has 0 radical (unpaired) electrons.